The number of carbonyl (C=O) groups excluding carboxylic acids is 1. The van der Waals surface area contributed by atoms with Crippen molar-refractivity contribution in [2.75, 3.05) is 17.2 Å². The molecule has 0 saturated heterocycles. The number of hydrogen-bond acceptors (Lipinski definition) is 7. The van der Waals surface area contributed by atoms with Gasteiger partial charge >= 0.3 is 0 Å². The van der Waals surface area contributed by atoms with E-state index in [0.29, 0.717) is 23.9 Å². The highest BCUT2D eigenvalue weighted by molar-refractivity contribution is 7.99. The molecule has 9 heteroatoms. The lowest BCUT2D eigenvalue weighted by Gasteiger charge is -2.60. The lowest BCUT2D eigenvalue weighted by atomic mass is 9.52. The van der Waals surface area contributed by atoms with Crippen LogP contribution in [0.2, 0.25) is 0 Å². The van der Waals surface area contributed by atoms with Crippen LogP contribution in [-0.2, 0) is 17.1 Å². The van der Waals surface area contributed by atoms with E-state index in [1.165, 1.54) is 43.2 Å². The van der Waals surface area contributed by atoms with Crippen molar-refractivity contribution in [2.24, 2.45) is 17.8 Å². The number of nitrogens with zero attached hydrogens (tertiary/aromatic N) is 4. The minimum absolute atomic E-state index is 0.0667. The normalized spacial score (nSPS) is 28.1. The Morgan fingerprint density at radius 3 is 2.12 bits per heavy atom. The Labute approximate surface area is 191 Å². The number of benzene rings is 1. The molecule has 4 aliphatic carbocycles. The van der Waals surface area contributed by atoms with Gasteiger partial charge in [0.05, 0.1) is 11.5 Å². The lowest BCUT2D eigenvalue weighted by molar-refractivity contribution is -0.149. The number of nitrogens with two attached hydrogens (primary N) is 2. The number of halogens is 1. The van der Waals surface area contributed by atoms with Crippen LogP contribution in [0.4, 0.5) is 16.3 Å². The zero-order valence-electron chi connectivity index (χ0n) is 18.0. The maximum absolute atomic E-state index is 13.6. The van der Waals surface area contributed by atoms with Crippen LogP contribution in [0.3, 0.4) is 0 Å². The zero-order valence-corrected chi connectivity index (χ0v) is 18.9. The molecule has 1 amide bonds. The number of thioether (sulfide) groups is 1. The molecule has 2 aromatic rings. The SMILES string of the molecule is Nc1nc(N)nc(CSCC(=O)N(Cc2ccc(F)cc2)C23CC4CC(CC(C4)C2)C3)n1. The molecule has 32 heavy (non-hydrogen) atoms. The lowest BCUT2D eigenvalue weighted by Crippen LogP contribution is -2.61. The Hall–Kier alpha value is -2.42. The molecule has 170 valence electrons. The molecule has 4 fully saturated rings. The standard InChI is InChI=1S/C23H29FN6OS/c24-18-3-1-14(2-4-18)11-30(23-8-15-5-16(9-23)7-17(6-15)10-23)20(31)13-32-12-19-27-21(25)29-22(26)28-19/h1-4,15-17H,5-13H2,(H4,25,26,27,28,29). The number of hydrogen-bond donors (Lipinski definition) is 2. The average Bonchev–Trinajstić information content (AvgIpc) is 2.71. The Balaban J connectivity index is 1.33. The van der Waals surface area contributed by atoms with Crippen LogP contribution >= 0.6 is 11.8 Å². The minimum Gasteiger partial charge on any atom is -0.368 e. The number of rotatable bonds is 7. The van der Waals surface area contributed by atoms with E-state index in [9.17, 15) is 9.18 Å². The molecular formula is C23H29FN6OS. The fourth-order valence-electron chi connectivity index (χ4n) is 6.52. The maximum Gasteiger partial charge on any atom is 0.233 e. The van der Waals surface area contributed by atoms with E-state index in [1.54, 1.807) is 12.1 Å². The second-order valence-electron chi connectivity index (χ2n) is 9.71. The van der Waals surface area contributed by atoms with Crippen molar-refractivity contribution in [1.29, 1.82) is 0 Å². The van der Waals surface area contributed by atoms with Gasteiger partial charge in [0.15, 0.2) is 0 Å². The van der Waals surface area contributed by atoms with Crippen LogP contribution in [0.1, 0.15) is 49.9 Å². The Morgan fingerprint density at radius 1 is 1.00 bits per heavy atom. The summed E-state index contributed by atoms with van der Waals surface area (Å²) < 4.78 is 13.5. The van der Waals surface area contributed by atoms with Gasteiger partial charge in [-0.05, 0) is 74.0 Å². The molecule has 0 atom stereocenters. The number of nitrogen functional groups attached to an aromatic ring is 2. The number of aromatic nitrogens is 3. The minimum atomic E-state index is -0.257. The molecule has 6 rings (SSSR count). The van der Waals surface area contributed by atoms with Crippen molar-refractivity contribution in [3.63, 3.8) is 0 Å². The van der Waals surface area contributed by atoms with Gasteiger partial charge in [-0.1, -0.05) is 12.1 Å². The molecule has 4 N–H and O–H groups in total. The van der Waals surface area contributed by atoms with Gasteiger partial charge in [0.2, 0.25) is 17.8 Å². The van der Waals surface area contributed by atoms with Gasteiger partial charge in [0.25, 0.3) is 0 Å². The molecule has 0 radical (unpaired) electrons. The van der Waals surface area contributed by atoms with Crippen LogP contribution in [0, 0.1) is 23.6 Å². The first kappa shape index (κ1) is 21.4. The van der Waals surface area contributed by atoms with E-state index in [2.05, 4.69) is 19.9 Å². The van der Waals surface area contributed by atoms with E-state index < -0.39 is 0 Å². The van der Waals surface area contributed by atoms with Crippen LogP contribution in [0.25, 0.3) is 0 Å². The molecule has 0 spiro atoms. The fourth-order valence-corrected chi connectivity index (χ4v) is 7.26. The number of carbonyl (C=O) groups is 1. The van der Waals surface area contributed by atoms with Crippen molar-refractivity contribution in [3.8, 4) is 0 Å². The van der Waals surface area contributed by atoms with Crippen molar-refractivity contribution >= 4 is 29.6 Å². The van der Waals surface area contributed by atoms with Gasteiger partial charge in [-0.2, -0.15) is 15.0 Å². The summed E-state index contributed by atoms with van der Waals surface area (Å²) >= 11 is 1.46. The summed E-state index contributed by atoms with van der Waals surface area (Å²) in [5.41, 5.74) is 12.2. The van der Waals surface area contributed by atoms with E-state index in [0.717, 1.165) is 42.6 Å². The second-order valence-corrected chi connectivity index (χ2v) is 10.7. The van der Waals surface area contributed by atoms with E-state index in [4.69, 9.17) is 11.5 Å². The largest absolute Gasteiger partial charge is 0.368 e. The Morgan fingerprint density at radius 2 is 1.56 bits per heavy atom. The quantitative estimate of drug-likeness (QED) is 0.657. The molecule has 1 aromatic carbocycles. The van der Waals surface area contributed by atoms with Gasteiger partial charge in [0, 0.05) is 12.1 Å². The van der Waals surface area contributed by atoms with Gasteiger partial charge in [-0.15, -0.1) is 11.8 Å². The monoisotopic (exact) mass is 456 g/mol. The first-order chi connectivity index (χ1) is 15.4. The molecule has 0 unspecified atom stereocenters. The molecule has 1 heterocycles. The maximum atomic E-state index is 13.6. The Kier molecular flexibility index (Phi) is 5.69. The third-order valence-corrected chi connectivity index (χ3v) is 8.22. The molecule has 4 saturated carbocycles. The van der Waals surface area contributed by atoms with Gasteiger partial charge < -0.3 is 16.4 Å². The molecular weight excluding hydrogens is 427 g/mol. The summed E-state index contributed by atoms with van der Waals surface area (Å²) in [6.07, 6.45) is 7.23. The van der Waals surface area contributed by atoms with Crippen molar-refractivity contribution in [2.45, 2.75) is 56.4 Å². The van der Waals surface area contributed by atoms with Crippen LogP contribution in [-0.4, -0.2) is 37.1 Å². The summed E-state index contributed by atoms with van der Waals surface area (Å²) in [5.74, 6) is 3.48. The molecule has 7 nitrogen and oxygen atoms in total. The highest BCUT2D eigenvalue weighted by atomic mass is 32.2. The van der Waals surface area contributed by atoms with E-state index in [1.807, 2.05) is 0 Å². The molecule has 0 aliphatic heterocycles. The van der Waals surface area contributed by atoms with Crippen molar-refractivity contribution in [1.82, 2.24) is 19.9 Å². The summed E-state index contributed by atoms with van der Waals surface area (Å²) in [5, 5.41) is 0. The van der Waals surface area contributed by atoms with Gasteiger partial charge in [-0.3, -0.25) is 4.79 Å². The van der Waals surface area contributed by atoms with Crippen LogP contribution < -0.4 is 11.5 Å². The predicted octanol–water partition coefficient (Wildman–Crippen LogP) is 3.41. The van der Waals surface area contributed by atoms with Gasteiger partial charge in [0.1, 0.15) is 11.6 Å². The Bertz CT molecular complexity index is 945. The third kappa shape index (κ3) is 4.40. The topological polar surface area (TPSA) is 111 Å². The van der Waals surface area contributed by atoms with Crippen LogP contribution in [0.15, 0.2) is 24.3 Å². The average molecular weight is 457 g/mol. The first-order valence-electron chi connectivity index (χ1n) is 11.3. The van der Waals surface area contributed by atoms with Gasteiger partial charge in [-0.25, -0.2) is 4.39 Å². The summed E-state index contributed by atoms with van der Waals surface area (Å²) in [6.45, 7) is 0.525. The molecule has 4 bridgehead atoms. The highest BCUT2D eigenvalue weighted by Crippen LogP contribution is 2.58. The first-order valence-corrected chi connectivity index (χ1v) is 12.4. The summed E-state index contributed by atoms with van der Waals surface area (Å²) in [7, 11) is 0. The highest BCUT2D eigenvalue weighted by Gasteiger charge is 2.54. The number of amides is 1. The molecule has 4 aliphatic rings. The fraction of sp³-hybridized carbons (Fsp3) is 0.565. The van der Waals surface area contributed by atoms with Crippen LogP contribution in [0.5, 0.6) is 0 Å². The predicted molar refractivity (Wildman–Crippen MR) is 123 cm³/mol. The summed E-state index contributed by atoms with van der Waals surface area (Å²) in [6, 6.07) is 6.53. The van der Waals surface area contributed by atoms with Crippen molar-refractivity contribution in [3.05, 3.63) is 41.5 Å². The number of anilines is 2. The second kappa shape index (κ2) is 8.50. The van der Waals surface area contributed by atoms with Crippen molar-refractivity contribution < 1.29 is 9.18 Å². The van der Waals surface area contributed by atoms with E-state index in [-0.39, 0.29) is 29.2 Å². The summed E-state index contributed by atoms with van der Waals surface area (Å²) in [4.78, 5) is 27.7. The third-order valence-electron chi connectivity index (χ3n) is 7.31. The van der Waals surface area contributed by atoms with E-state index >= 15 is 0 Å². The molecule has 1 aromatic heterocycles. The zero-order chi connectivity index (χ0) is 22.3. The smallest absolute Gasteiger partial charge is 0.233 e.